The molecule has 1 heterocycles. The number of nitro benzene ring substituents is 1. The lowest BCUT2D eigenvalue weighted by molar-refractivity contribution is -0.676. The maximum absolute atomic E-state index is 10.7. The Kier molecular flexibility index (Phi) is 3.16. The van der Waals surface area contributed by atoms with Crippen LogP contribution >= 0.6 is 0 Å². The molecular weight excluding hydrogens is 216 g/mol. The van der Waals surface area contributed by atoms with Gasteiger partial charge in [0.05, 0.1) is 11.0 Å². The van der Waals surface area contributed by atoms with Gasteiger partial charge in [0.25, 0.3) is 11.9 Å². The van der Waals surface area contributed by atoms with Crippen molar-refractivity contribution in [3.8, 4) is 5.69 Å². The molecule has 0 N–H and O–H groups in total. The van der Waals surface area contributed by atoms with Gasteiger partial charge >= 0.3 is 5.63 Å². The van der Waals surface area contributed by atoms with Crippen LogP contribution in [0.1, 0.15) is 0 Å². The van der Waals surface area contributed by atoms with Gasteiger partial charge in [-0.2, -0.15) is 0 Å². The summed E-state index contributed by atoms with van der Waals surface area (Å²) in [5, 5.41) is 13.9. The molecule has 8 heteroatoms. The monoisotopic (exact) mass is 221 g/mol. The van der Waals surface area contributed by atoms with E-state index in [0.717, 1.165) is 10.9 Å². The van der Waals surface area contributed by atoms with Crippen LogP contribution in [0.15, 0.2) is 39.8 Å². The Balaban J connectivity index is 0.00000128. The Hall–Kier alpha value is -2.48. The summed E-state index contributed by atoms with van der Waals surface area (Å²) >= 11 is 0. The molecule has 16 heavy (non-hydrogen) atoms. The molecule has 1 aromatic carbocycles. The normalized spacial score (nSPS) is 9.50. The van der Waals surface area contributed by atoms with Crippen molar-refractivity contribution < 1.29 is 14.1 Å². The van der Waals surface area contributed by atoms with Crippen molar-refractivity contribution in [2.24, 2.45) is 0 Å². The Morgan fingerprint density at radius 3 is 2.75 bits per heavy atom. The van der Waals surface area contributed by atoms with Crippen LogP contribution in [0.4, 0.5) is 5.69 Å². The van der Waals surface area contributed by atoms with Gasteiger partial charge in [-0.1, -0.05) is 0 Å². The van der Waals surface area contributed by atoms with E-state index in [4.69, 9.17) is 0 Å². The second-order valence-corrected chi connectivity index (χ2v) is 2.74. The van der Waals surface area contributed by atoms with Crippen molar-refractivity contribution in [2.75, 3.05) is 0 Å². The van der Waals surface area contributed by atoms with Gasteiger partial charge in [0.15, 0.2) is 0 Å². The fourth-order valence-corrected chi connectivity index (χ4v) is 1.10. The van der Waals surface area contributed by atoms with Crippen LogP contribution in [0.3, 0.4) is 0 Å². The number of hydrogen-bond acceptors (Lipinski definition) is 4. The van der Waals surface area contributed by atoms with Crippen LogP contribution < -0.4 is 21.7 Å². The molecule has 0 saturated carbocycles. The summed E-state index contributed by atoms with van der Waals surface area (Å²) in [6.07, 6.45) is 1.10. The number of nitro groups is 1. The first-order chi connectivity index (χ1) is 7.16. The van der Waals surface area contributed by atoms with E-state index in [1.54, 1.807) is 6.07 Å². The van der Waals surface area contributed by atoms with E-state index in [1.165, 1.54) is 18.2 Å². The van der Waals surface area contributed by atoms with Gasteiger partial charge in [0.1, 0.15) is 0 Å². The Morgan fingerprint density at radius 2 is 2.19 bits per heavy atom. The quantitative estimate of drug-likeness (QED) is 0.377. The van der Waals surface area contributed by atoms with Crippen LogP contribution in [0.5, 0.6) is 0 Å². The van der Waals surface area contributed by atoms with Gasteiger partial charge < -0.3 is 4.52 Å². The fraction of sp³-hybridized carbons (Fsp3) is 0. The van der Waals surface area contributed by atoms with Crippen molar-refractivity contribution in [2.45, 2.75) is 0 Å². The molecule has 0 atom stereocenters. The van der Waals surface area contributed by atoms with E-state index >= 15 is 0 Å². The Bertz CT molecular complexity index is 559. The summed E-state index contributed by atoms with van der Waals surface area (Å²) in [5.41, 5.74) is -0.285. The molecule has 81 valence electrons. The minimum Gasteiger partial charge on any atom is -0.471 e. The van der Waals surface area contributed by atoms with Crippen LogP contribution in [0.25, 0.3) is 5.69 Å². The highest BCUT2D eigenvalue weighted by molar-refractivity contribution is 5.37. The molecule has 0 unspecified atom stereocenters. The van der Waals surface area contributed by atoms with Crippen molar-refractivity contribution in [1.29, 1.82) is 0 Å². The minimum absolute atomic E-state index is 0. The fourth-order valence-electron chi connectivity index (χ4n) is 1.10. The summed E-state index contributed by atoms with van der Waals surface area (Å²) in [4.78, 5) is 20.7. The van der Waals surface area contributed by atoms with Gasteiger partial charge in [-0.05, 0) is 6.07 Å². The lowest BCUT2D eigenvalue weighted by atomic mass is 10.3. The van der Waals surface area contributed by atoms with E-state index in [9.17, 15) is 14.9 Å². The van der Waals surface area contributed by atoms with Crippen LogP contribution in [-0.2, 0) is 0 Å². The first kappa shape index (κ1) is 11.6. The molecule has 2 rings (SSSR count). The Morgan fingerprint density at radius 1 is 1.44 bits per heavy atom. The molecule has 8 nitrogen and oxygen atoms in total. The molecule has 3 radical (unpaired) electrons. The highest BCUT2D eigenvalue weighted by Gasteiger charge is 2.10. The third kappa shape index (κ3) is 2.12. The van der Waals surface area contributed by atoms with Gasteiger partial charge in [-0.25, -0.2) is 14.7 Å². The highest BCUT2D eigenvalue weighted by atomic mass is 16.6. The van der Waals surface area contributed by atoms with E-state index in [1.807, 2.05) is 0 Å². The standard InChI is InChI=1S/C8H5N3O4.N/c12-8-5-10(9-15-8)6-2-1-3-7(4-6)11(13)14;/h1-5H;. The topological polar surface area (TPSA) is 122 Å². The second kappa shape index (κ2) is 4.36. The molecule has 0 bridgehead atoms. The van der Waals surface area contributed by atoms with Gasteiger partial charge in [0.2, 0.25) is 5.69 Å². The molecular formula is C8H5N4O4. The first-order valence-electron chi connectivity index (χ1n) is 3.97. The van der Waals surface area contributed by atoms with Gasteiger partial charge in [0, 0.05) is 18.3 Å². The maximum atomic E-state index is 10.7. The van der Waals surface area contributed by atoms with Crippen LogP contribution in [-0.4, -0.2) is 4.92 Å². The maximum Gasteiger partial charge on any atom is 0.389 e. The van der Waals surface area contributed by atoms with Crippen LogP contribution in [0.2, 0.25) is 0 Å². The van der Waals surface area contributed by atoms with Gasteiger partial charge in [-0.3, -0.25) is 10.1 Å². The number of nitrogens with zero attached hydrogens (tertiary/aromatic N) is 4. The largest absolute Gasteiger partial charge is 0.471 e. The average Bonchev–Trinajstić information content (AvgIpc) is 2.65. The predicted molar refractivity (Wildman–Crippen MR) is 48.6 cm³/mol. The predicted octanol–water partition coefficient (Wildman–Crippen LogP) is -0.699. The minimum atomic E-state index is -0.610. The number of non-ortho nitro benzene ring substituents is 1. The lowest BCUT2D eigenvalue weighted by Crippen LogP contribution is -2.33. The molecule has 0 aliphatic heterocycles. The highest BCUT2D eigenvalue weighted by Crippen LogP contribution is 2.11. The molecule has 0 fully saturated rings. The smallest absolute Gasteiger partial charge is 0.389 e. The second-order valence-electron chi connectivity index (χ2n) is 2.74. The number of hydrogen-bond donors (Lipinski definition) is 0. The van der Waals surface area contributed by atoms with Gasteiger partial charge in [-0.15, -0.1) is 0 Å². The Labute approximate surface area is 88.8 Å². The van der Waals surface area contributed by atoms with E-state index in [2.05, 4.69) is 9.79 Å². The molecule has 0 aliphatic rings. The molecule has 2 aromatic rings. The van der Waals surface area contributed by atoms with Crippen molar-refractivity contribution in [3.63, 3.8) is 0 Å². The van der Waals surface area contributed by atoms with E-state index in [0.29, 0.717) is 5.69 Å². The van der Waals surface area contributed by atoms with E-state index < -0.39 is 10.5 Å². The van der Waals surface area contributed by atoms with Crippen molar-refractivity contribution >= 4 is 5.69 Å². The number of benzene rings is 1. The van der Waals surface area contributed by atoms with Crippen molar-refractivity contribution in [1.82, 2.24) is 11.4 Å². The number of rotatable bonds is 2. The molecule has 0 aliphatic carbocycles. The third-order valence-corrected chi connectivity index (χ3v) is 1.75. The zero-order chi connectivity index (χ0) is 10.8. The zero-order valence-corrected chi connectivity index (χ0v) is 7.81. The summed E-state index contributed by atoms with van der Waals surface area (Å²) in [5.74, 6) is 0. The summed E-state index contributed by atoms with van der Waals surface area (Å²) in [7, 11) is 0. The molecule has 0 spiro atoms. The summed E-state index contributed by atoms with van der Waals surface area (Å²) in [6, 6.07) is 5.72. The summed E-state index contributed by atoms with van der Waals surface area (Å²) < 4.78 is 5.44. The SMILES string of the molecule is O=c1c[n+](-c2cccc([N+](=O)[O-])c2)[n-]o1.[N]. The number of aromatic nitrogens is 2. The molecule has 1 aromatic heterocycles. The third-order valence-electron chi connectivity index (χ3n) is 1.75. The lowest BCUT2D eigenvalue weighted by Gasteiger charge is -1.95. The zero-order valence-electron chi connectivity index (χ0n) is 7.81. The molecule has 0 amide bonds. The van der Waals surface area contributed by atoms with E-state index in [-0.39, 0.29) is 11.8 Å². The molecule has 0 saturated heterocycles. The summed E-state index contributed by atoms with van der Waals surface area (Å²) in [6.45, 7) is 0. The van der Waals surface area contributed by atoms with Crippen LogP contribution in [0, 0.1) is 10.1 Å². The first-order valence-corrected chi connectivity index (χ1v) is 3.97. The average molecular weight is 221 g/mol. The van der Waals surface area contributed by atoms with Crippen molar-refractivity contribution in [3.05, 3.63) is 51.0 Å².